The Morgan fingerprint density at radius 2 is 1.38 bits per heavy atom. The van der Waals surface area contributed by atoms with Crippen molar-refractivity contribution in [2.75, 3.05) is 6.61 Å². The van der Waals surface area contributed by atoms with Crippen LogP contribution in [0.3, 0.4) is 0 Å². The molecule has 0 unspecified atom stereocenters. The topological polar surface area (TPSA) is 9.23 Å². The molecule has 1 aromatic carbocycles. The number of unbranched alkanes of at least 4 members (excludes halogenated alkanes) is 6. The molecule has 0 saturated heterocycles. The summed E-state index contributed by atoms with van der Waals surface area (Å²) in [6, 6.07) is 6.28. The molecule has 0 aliphatic heterocycles. The normalized spacial score (nSPS) is 11.6. The number of para-hydroxylation sites is 1. The zero-order chi connectivity index (χ0) is 15.6. The molecule has 0 radical (unpaired) electrons. The van der Waals surface area contributed by atoms with Gasteiger partial charge in [-0.05, 0) is 25.0 Å². The molecule has 21 heavy (non-hydrogen) atoms. The minimum Gasteiger partial charge on any atom is -0.491 e. The summed E-state index contributed by atoms with van der Waals surface area (Å²) in [5.74, 6) is -0.0909. The molecule has 0 atom stereocenters. The van der Waals surface area contributed by atoms with Crippen LogP contribution >= 0.6 is 0 Å². The third-order valence-corrected chi connectivity index (χ3v) is 3.20. The van der Waals surface area contributed by atoms with Crippen molar-refractivity contribution in [3.8, 4) is 5.75 Å². The van der Waals surface area contributed by atoms with E-state index in [4.69, 9.17) is 4.74 Å². The highest BCUT2D eigenvalue weighted by molar-refractivity contribution is 5.23. The van der Waals surface area contributed by atoms with E-state index in [-0.39, 0.29) is 18.0 Å². The summed E-state index contributed by atoms with van der Waals surface area (Å²) in [7, 11) is 0. The summed E-state index contributed by atoms with van der Waals surface area (Å²) >= 11 is 0. The third kappa shape index (κ3) is 9.32. The molecule has 0 aliphatic rings. The Balaban J connectivity index is 1.90. The molecule has 0 N–H and O–H groups in total. The number of halogens is 4. The Kier molecular flexibility index (Phi) is 8.16. The van der Waals surface area contributed by atoms with Crippen LogP contribution in [0.1, 0.15) is 51.4 Å². The molecule has 1 nitrogen and oxygen atoms in total. The van der Waals surface area contributed by atoms with Gasteiger partial charge in [0, 0.05) is 6.42 Å². The highest BCUT2D eigenvalue weighted by atomic mass is 19.4. The first-order chi connectivity index (χ1) is 9.99. The lowest BCUT2D eigenvalue weighted by Gasteiger charge is -2.07. The van der Waals surface area contributed by atoms with Crippen molar-refractivity contribution in [3.05, 3.63) is 30.1 Å². The van der Waals surface area contributed by atoms with Gasteiger partial charge in [-0.2, -0.15) is 13.2 Å². The van der Waals surface area contributed by atoms with Gasteiger partial charge < -0.3 is 4.74 Å². The van der Waals surface area contributed by atoms with Crippen LogP contribution < -0.4 is 4.74 Å². The highest BCUT2D eigenvalue weighted by Crippen LogP contribution is 2.23. The van der Waals surface area contributed by atoms with E-state index in [2.05, 4.69) is 0 Å². The minimum absolute atomic E-state index is 0.222. The molecule has 0 fully saturated rings. The second-order valence-electron chi connectivity index (χ2n) is 5.12. The van der Waals surface area contributed by atoms with Gasteiger partial charge in [0.15, 0.2) is 11.6 Å². The molecule has 0 spiro atoms. The van der Waals surface area contributed by atoms with Crippen molar-refractivity contribution in [3.63, 3.8) is 0 Å². The van der Waals surface area contributed by atoms with Gasteiger partial charge in [-0.1, -0.05) is 44.2 Å². The van der Waals surface area contributed by atoms with E-state index >= 15 is 0 Å². The van der Waals surface area contributed by atoms with Gasteiger partial charge >= 0.3 is 6.18 Å². The quantitative estimate of drug-likeness (QED) is 0.387. The monoisotopic (exact) mass is 306 g/mol. The van der Waals surface area contributed by atoms with Crippen LogP contribution in [0.5, 0.6) is 5.75 Å². The number of benzene rings is 1. The standard InChI is InChI=1S/C16H22F4O/c17-14-10-6-7-11-15(14)21-13-9-5-3-1-2-4-8-12-16(18,19)20/h6-7,10-11H,1-5,8-9,12-13H2. The fourth-order valence-electron chi connectivity index (χ4n) is 2.06. The minimum atomic E-state index is -4.02. The zero-order valence-corrected chi connectivity index (χ0v) is 12.1. The van der Waals surface area contributed by atoms with Crippen LogP contribution in [0.2, 0.25) is 0 Å². The van der Waals surface area contributed by atoms with Crippen LogP contribution in [0.15, 0.2) is 24.3 Å². The van der Waals surface area contributed by atoms with Gasteiger partial charge in [0.2, 0.25) is 0 Å². The number of rotatable bonds is 10. The Hall–Kier alpha value is -1.26. The molecular weight excluding hydrogens is 284 g/mol. The molecule has 1 rings (SSSR count). The van der Waals surface area contributed by atoms with Crippen molar-refractivity contribution >= 4 is 0 Å². The molecule has 1 aromatic rings. The summed E-state index contributed by atoms with van der Waals surface area (Å²) < 4.78 is 54.2. The molecule has 0 aliphatic carbocycles. The van der Waals surface area contributed by atoms with Gasteiger partial charge in [0.05, 0.1) is 6.61 Å². The summed E-state index contributed by atoms with van der Waals surface area (Å²) in [5, 5.41) is 0. The van der Waals surface area contributed by atoms with Crippen molar-refractivity contribution in [1.29, 1.82) is 0 Å². The summed E-state index contributed by atoms with van der Waals surface area (Å²) in [4.78, 5) is 0. The first-order valence-corrected chi connectivity index (χ1v) is 7.43. The summed E-state index contributed by atoms with van der Waals surface area (Å²) in [5.41, 5.74) is 0. The SMILES string of the molecule is Fc1ccccc1OCCCCCCCCCC(F)(F)F. The predicted molar refractivity (Wildman–Crippen MR) is 74.9 cm³/mol. The van der Waals surface area contributed by atoms with Gasteiger partial charge in [-0.25, -0.2) is 4.39 Å². The van der Waals surface area contributed by atoms with Crippen LogP contribution in [0.4, 0.5) is 17.6 Å². The lowest BCUT2D eigenvalue weighted by Crippen LogP contribution is -2.06. The van der Waals surface area contributed by atoms with Crippen molar-refractivity contribution < 1.29 is 22.3 Å². The number of alkyl halides is 3. The Morgan fingerprint density at radius 3 is 2.00 bits per heavy atom. The van der Waals surface area contributed by atoms with Crippen molar-refractivity contribution in [2.45, 2.75) is 57.5 Å². The van der Waals surface area contributed by atoms with E-state index in [1.54, 1.807) is 18.2 Å². The summed E-state index contributed by atoms with van der Waals surface area (Å²) in [6.07, 6.45) is 0.692. The molecule has 0 heterocycles. The maximum Gasteiger partial charge on any atom is 0.389 e. The Morgan fingerprint density at radius 1 is 0.810 bits per heavy atom. The maximum absolute atomic E-state index is 13.2. The van der Waals surface area contributed by atoms with E-state index < -0.39 is 12.6 Å². The lowest BCUT2D eigenvalue weighted by molar-refractivity contribution is -0.135. The largest absolute Gasteiger partial charge is 0.491 e. The summed E-state index contributed by atoms with van der Waals surface area (Å²) in [6.45, 7) is 0.467. The third-order valence-electron chi connectivity index (χ3n) is 3.20. The molecule has 0 saturated carbocycles. The van der Waals surface area contributed by atoms with E-state index in [9.17, 15) is 17.6 Å². The molecule has 0 aromatic heterocycles. The van der Waals surface area contributed by atoms with E-state index in [1.807, 2.05) is 0 Å². The molecule has 0 amide bonds. The number of hydrogen-bond acceptors (Lipinski definition) is 1. The first kappa shape index (κ1) is 17.8. The second-order valence-corrected chi connectivity index (χ2v) is 5.12. The number of hydrogen-bond donors (Lipinski definition) is 0. The maximum atomic E-state index is 13.2. The molecule has 5 heteroatoms. The van der Waals surface area contributed by atoms with Gasteiger partial charge in [-0.3, -0.25) is 0 Å². The highest BCUT2D eigenvalue weighted by Gasteiger charge is 2.25. The Bertz CT molecular complexity index is 390. The fraction of sp³-hybridized carbons (Fsp3) is 0.625. The molecular formula is C16H22F4O. The zero-order valence-electron chi connectivity index (χ0n) is 12.1. The van der Waals surface area contributed by atoms with E-state index in [1.165, 1.54) is 6.07 Å². The predicted octanol–water partition coefficient (Wildman–Crippen LogP) is 5.89. The smallest absolute Gasteiger partial charge is 0.389 e. The van der Waals surface area contributed by atoms with Gasteiger partial charge in [0.1, 0.15) is 0 Å². The Labute approximate surface area is 123 Å². The van der Waals surface area contributed by atoms with Crippen LogP contribution in [-0.2, 0) is 0 Å². The van der Waals surface area contributed by atoms with Crippen molar-refractivity contribution in [1.82, 2.24) is 0 Å². The van der Waals surface area contributed by atoms with Crippen LogP contribution in [0, 0.1) is 5.82 Å². The van der Waals surface area contributed by atoms with Crippen LogP contribution in [0.25, 0.3) is 0 Å². The molecule has 120 valence electrons. The van der Waals surface area contributed by atoms with Crippen molar-refractivity contribution in [2.24, 2.45) is 0 Å². The van der Waals surface area contributed by atoms with E-state index in [0.29, 0.717) is 13.0 Å². The second kappa shape index (κ2) is 9.64. The first-order valence-electron chi connectivity index (χ1n) is 7.43. The van der Waals surface area contributed by atoms with E-state index in [0.717, 1.165) is 32.1 Å². The average Bonchev–Trinajstić information content (AvgIpc) is 2.41. The molecule has 0 bridgehead atoms. The average molecular weight is 306 g/mol. The van der Waals surface area contributed by atoms with Gasteiger partial charge in [0.25, 0.3) is 0 Å². The lowest BCUT2D eigenvalue weighted by atomic mass is 10.1. The van der Waals surface area contributed by atoms with Crippen LogP contribution in [-0.4, -0.2) is 12.8 Å². The number of ether oxygens (including phenoxy) is 1. The fourth-order valence-corrected chi connectivity index (χ4v) is 2.06. The van der Waals surface area contributed by atoms with Gasteiger partial charge in [-0.15, -0.1) is 0 Å².